The molecule has 3 atom stereocenters. The van der Waals surface area contributed by atoms with Gasteiger partial charge in [0.05, 0.1) is 0 Å². The summed E-state index contributed by atoms with van der Waals surface area (Å²) in [5, 5.41) is 9.43. The molecule has 0 heterocycles. The molecular weight excluding hydrogens is 174 g/mol. The van der Waals surface area contributed by atoms with Gasteiger partial charge in [0, 0.05) is 5.71 Å². The minimum atomic E-state index is -0.529. The summed E-state index contributed by atoms with van der Waals surface area (Å²) in [5.41, 5.74) is 2.33. The van der Waals surface area contributed by atoms with E-state index in [9.17, 15) is 5.11 Å². The summed E-state index contributed by atoms with van der Waals surface area (Å²) in [7, 11) is 0. The number of allylic oxidation sites excluding steroid dienone is 4. The zero-order valence-corrected chi connectivity index (χ0v) is 8.77. The van der Waals surface area contributed by atoms with Crippen LogP contribution < -0.4 is 0 Å². The third kappa shape index (κ3) is 1.80. The van der Waals surface area contributed by atoms with Gasteiger partial charge in [0.25, 0.3) is 0 Å². The normalized spacial score (nSPS) is 32.2. The first-order valence-electron chi connectivity index (χ1n) is 5.33. The summed E-state index contributed by atoms with van der Waals surface area (Å²) in [5.74, 6) is 1.44. The Morgan fingerprint density at radius 1 is 1.71 bits per heavy atom. The highest BCUT2D eigenvalue weighted by Crippen LogP contribution is 2.47. The molecule has 0 amide bonds. The maximum absolute atomic E-state index is 9.43. The molecule has 0 radical (unpaired) electrons. The van der Waals surface area contributed by atoms with Gasteiger partial charge >= 0.3 is 0 Å². The lowest BCUT2D eigenvalue weighted by Gasteiger charge is -2.10. The van der Waals surface area contributed by atoms with Crippen molar-refractivity contribution < 1.29 is 5.11 Å². The van der Waals surface area contributed by atoms with Crippen molar-refractivity contribution in [3.63, 3.8) is 0 Å². The summed E-state index contributed by atoms with van der Waals surface area (Å²) in [6.45, 7) is 3.94. The van der Waals surface area contributed by atoms with E-state index in [2.05, 4.69) is 23.2 Å². The van der Waals surface area contributed by atoms with Crippen LogP contribution in [0.3, 0.4) is 0 Å². The van der Waals surface area contributed by atoms with Gasteiger partial charge in [-0.1, -0.05) is 25.2 Å². The summed E-state index contributed by atoms with van der Waals surface area (Å²) >= 11 is 0. The zero-order chi connectivity index (χ0) is 10.1. The van der Waals surface area contributed by atoms with E-state index in [1.54, 1.807) is 0 Å². The molecule has 2 heteroatoms. The maximum Gasteiger partial charge on any atom is 0.145 e. The number of aliphatic hydroxyl groups excluding tert-OH is 1. The topological polar surface area (TPSA) is 32.6 Å². The van der Waals surface area contributed by atoms with E-state index in [0.29, 0.717) is 12.3 Å². The molecule has 0 bridgehead atoms. The van der Waals surface area contributed by atoms with E-state index in [-0.39, 0.29) is 0 Å². The standard InChI is InChI=1S/C12H17NO/c1-3-12(14)13-8(2)10-6-4-5-9-7-11(9)10/h4-6,9,11-12,14H,3,7H2,1-2H3. The monoisotopic (exact) mass is 191 g/mol. The van der Waals surface area contributed by atoms with E-state index >= 15 is 0 Å². The van der Waals surface area contributed by atoms with Crippen molar-refractivity contribution in [1.29, 1.82) is 0 Å². The second-order valence-electron chi connectivity index (χ2n) is 4.12. The molecule has 2 rings (SSSR count). The molecule has 2 aliphatic rings. The van der Waals surface area contributed by atoms with Crippen LogP contribution in [0.2, 0.25) is 0 Å². The van der Waals surface area contributed by atoms with Crippen LogP contribution in [-0.2, 0) is 0 Å². The Hall–Kier alpha value is -0.890. The molecule has 0 aromatic carbocycles. The molecule has 1 N–H and O–H groups in total. The van der Waals surface area contributed by atoms with Crippen LogP contribution >= 0.6 is 0 Å². The van der Waals surface area contributed by atoms with Gasteiger partial charge in [0.15, 0.2) is 0 Å². The van der Waals surface area contributed by atoms with Crippen molar-refractivity contribution in [3.8, 4) is 0 Å². The van der Waals surface area contributed by atoms with Crippen molar-refractivity contribution in [1.82, 2.24) is 0 Å². The van der Waals surface area contributed by atoms with Crippen molar-refractivity contribution in [3.05, 3.63) is 23.8 Å². The Kier molecular flexibility index (Phi) is 2.55. The molecule has 14 heavy (non-hydrogen) atoms. The van der Waals surface area contributed by atoms with Gasteiger partial charge in [-0.3, -0.25) is 4.99 Å². The average Bonchev–Trinajstić information content (AvgIpc) is 2.95. The number of hydrogen-bond donors (Lipinski definition) is 1. The lowest BCUT2D eigenvalue weighted by atomic mass is 10.0. The van der Waals surface area contributed by atoms with Gasteiger partial charge in [-0.2, -0.15) is 0 Å². The van der Waals surface area contributed by atoms with Gasteiger partial charge in [-0.05, 0) is 37.2 Å². The SMILES string of the molecule is CCC(O)N=C(C)C1=CC=CC2CC12. The van der Waals surface area contributed by atoms with E-state index in [1.165, 1.54) is 12.0 Å². The van der Waals surface area contributed by atoms with Gasteiger partial charge in [0.1, 0.15) is 6.23 Å². The Morgan fingerprint density at radius 2 is 2.50 bits per heavy atom. The zero-order valence-electron chi connectivity index (χ0n) is 8.77. The Balaban J connectivity index is 2.11. The number of nitrogens with zero attached hydrogens (tertiary/aromatic N) is 1. The molecule has 3 unspecified atom stereocenters. The van der Waals surface area contributed by atoms with Crippen LogP contribution in [0.15, 0.2) is 28.8 Å². The minimum Gasteiger partial charge on any atom is -0.372 e. The Morgan fingerprint density at radius 3 is 3.21 bits per heavy atom. The fraction of sp³-hybridized carbons (Fsp3) is 0.583. The second kappa shape index (κ2) is 3.70. The summed E-state index contributed by atoms with van der Waals surface area (Å²) in [4.78, 5) is 4.27. The van der Waals surface area contributed by atoms with Crippen LogP contribution in [0.25, 0.3) is 0 Å². The highest BCUT2D eigenvalue weighted by molar-refractivity contribution is 5.99. The lowest BCUT2D eigenvalue weighted by molar-refractivity contribution is 0.180. The van der Waals surface area contributed by atoms with Crippen LogP contribution in [0, 0.1) is 11.8 Å². The van der Waals surface area contributed by atoms with Gasteiger partial charge in [-0.15, -0.1) is 0 Å². The van der Waals surface area contributed by atoms with Gasteiger partial charge < -0.3 is 5.11 Å². The largest absolute Gasteiger partial charge is 0.372 e. The van der Waals surface area contributed by atoms with E-state index < -0.39 is 6.23 Å². The molecule has 76 valence electrons. The van der Waals surface area contributed by atoms with Crippen molar-refractivity contribution in [2.75, 3.05) is 0 Å². The van der Waals surface area contributed by atoms with E-state index in [1.807, 2.05) is 13.8 Å². The molecule has 2 aliphatic carbocycles. The maximum atomic E-state index is 9.43. The Bertz CT molecular complexity index is 314. The molecule has 0 saturated heterocycles. The smallest absolute Gasteiger partial charge is 0.145 e. The minimum absolute atomic E-state index is 0.529. The highest BCUT2D eigenvalue weighted by atomic mass is 16.3. The summed E-state index contributed by atoms with van der Waals surface area (Å²) in [6.07, 6.45) is 7.93. The van der Waals surface area contributed by atoms with Gasteiger partial charge in [0.2, 0.25) is 0 Å². The summed E-state index contributed by atoms with van der Waals surface area (Å²) < 4.78 is 0. The predicted octanol–water partition coefficient (Wildman–Crippen LogP) is 2.31. The molecule has 0 aromatic rings. The number of rotatable bonds is 3. The molecule has 2 nitrogen and oxygen atoms in total. The number of aliphatic hydroxyl groups is 1. The fourth-order valence-electron chi connectivity index (χ4n) is 1.99. The first-order chi connectivity index (χ1) is 6.72. The van der Waals surface area contributed by atoms with Crippen LogP contribution in [-0.4, -0.2) is 17.0 Å². The van der Waals surface area contributed by atoms with E-state index in [0.717, 1.165) is 11.6 Å². The number of aliphatic imine (C=N–C) groups is 1. The second-order valence-corrected chi connectivity index (χ2v) is 4.12. The first-order valence-corrected chi connectivity index (χ1v) is 5.33. The summed E-state index contributed by atoms with van der Waals surface area (Å²) in [6, 6.07) is 0. The Labute approximate surface area is 85.1 Å². The fourth-order valence-corrected chi connectivity index (χ4v) is 1.99. The number of hydrogen-bond acceptors (Lipinski definition) is 2. The van der Waals surface area contributed by atoms with Crippen LogP contribution in [0.1, 0.15) is 26.7 Å². The molecular formula is C12H17NO. The highest BCUT2D eigenvalue weighted by Gasteiger charge is 2.39. The van der Waals surface area contributed by atoms with Crippen molar-refractivity contribution in [2.24, 2.45) is 16.8 Å². The van der Waals surface area contributed by atoms with Gasteiger partial charge in [-0.25, -0.2) is 0 Å². The third-order valence-corrected chi connectivity index (χ3v) is 3.00. The predicted molar refractivity (Wildman–Crippen MR) is 58.2 cm³/mol. The molecule has 0 aromatic heterocycles. The first kappa shape index (κ1) is 9.66. The molecule has 0 spiro atoms. The molecule has 1 saturated carbocycles. The van der Waals surface area contributed by atoms with E-state index in [4.69, 9.17) is 0 Å². The van der Waals surface area contributed by atoms with Crippen LogP contribution in [0.4, 0.5) is 0 Å². The van der Waals surface area contributed by atoms with Crippen molar-refractivity contribution in [2.45, 2.75) is 32.9 Å². The average molecular weight is 191 g/mol. The third-order valence-electron chi connectivity index (χ3n) is 3.00. The molecule has 0 aliphatic heterocycles. The number of fused-ring (bicyclic) bond motifs is 1. The quantitative estimate of drug-likeness (QED) is 0.682. The van der Waals surface area contributed by atoms with Crippen LogP contribution in [0.5, 0.6) is 0 Å². The lowest BCUT2D eigenvalue weighted by Crippen LogP contribution is -2.09. The molecule has 1 fully saturated rings. The van der Waals surface area contributed by atoms with Crippen molar-refractivity contribution >= 4 is 5.71 Å².